The Morgan fingerprint density at radius 1 is 1.03 bits per heavy atom. The molecule has 2 heterocycles. The standard InChI is InChI=1S/C22H22NO5P/c1-13-18-17(14(2)24)21(25)23(18)19(22(26)27)20(13)29(28,15-9-5-3-6-10-15)16-11-7-4-8-12-16/h3-14,17-18,24H,1-2H3,(H,26,27)/t13-,14-,17-,18-/m1/s1. The SMILES string of the molecule is C[C@@H](O)[C@H]1C(=O)N2C(C(=O)O)=C(P(=O)(c3ccccc3)c3ccccc3)[C@H](C)[C@H]12. The summed E-state index contributed by atoms with van der Waals surface area (Å²) in [5, 5.41) is 21.4. The Bertz CT molecular complexity index is 1000. The number of rotatable bonds is 5. The average molecular weight is 411 g/mol. The maximum Gasteiger partial charge on any atom is 0.353 e. The van der Waals surface area contributed by atoms with Gasteiger partial charge in [-0.1, -0.05) is 67.6 Å². The molecule has 4 rings (SSSR count). The van der Waals surface area contributed by atoms with E-state index in [1.807, 2.05) is 12.1 Å². The number of aliphatic carboxylic acids is 1. The molecule has 0 unspecified atom stereocenters. The van der Waals surface area contributed by atoms with Crippen LogP contribution in [0.3, 0.4) is 0 Å². The zero-order chi connectivity index (χ0) is 20.9. The zero-order valence-corrected chi connectivity index (χ0v) is 17.0. The number of carbonyl (C=O) groups is 2. The number of fused-ring (bicyclic) bond motifs is 1. The van der Waals surface area contributed by atoms with Gasteiger partial charge in [-0.3, -0.25) is 4.79 Å². The largest absolute Gasteiger partial charge is 0.477 e. The number of aliphatic hydroxyl groups excluding tert-OH is 1. The number of amides is 1. The van der Waals surface area contributed by atoms with Crippen LogP contribution in [0.15, 0.2) is 71.7 Å². The first-order valence-corrected chi connectivity index (χ1v) is 11.2. The second kappa shape index (κ2) is 6.97. The summed E-state index contributed by atoms with van der Waals surface area (Å²) in [4.78, 5) is 26.1. The number of aliphatic hydroxyl groups is 1. The summed E-state index contributed by atoms with van der Waals surface area (Å²) in [7, 11) is -3.53. The number of hydrogen-bond donors (Lipinski definition) is 2. The van der Waals surface area contributed by atoms with Crippen molar-refractivity contribution in [1.29, 1.82) is 0 Å². The van der Waals surface area contributed by atoms with E-state index in [-0.39, 0.29) is 11.0 Å². The Labute approximate surface area is 168 Å². The first-order valence-electron chi connectivity index (χ1n) is 9.50. The van der Waals surface area contributed by atoms with Crippen LogP contribution in [0.4, 0.5) is 0 Å². The number of carboxylic acids is 1. The Balaban J connectivity index is 1.99. The summed E-state index contributed by atoms with van der Waals surface area (Å²) in [5.74, 6) is -2.88. The molecule has 2 aliphatic heterocycles. The van der Waals surface area contributed by atoms with Gasteiger partial charge in [0.25, 0.3) is 0 Å². The second-order valence-corrected chi connectivity index (χ2v) is 10.3. The number of carbonyl (C=O) groups excluding carboxylic acids is 1. The van der Waals surface area contributed by atoms with E-state index in [9.17, 15) is 24.4 Å². The Morgan fingerprint density at radius 3 is 1.93 bits per heavy atom. The highest BCUT2D eigenvalue weighted by molar-refractivity contribution is 7.82. The molecule has 2 aromatic carbocycles. The van der Waals surface area contributed by atoms with Gasteiger partial charge in [0.1, 0.15) is 5.70 Å². The van der Waals surface area contributed by atoms with Crippen LogP contribution in [-0.2, 0) is 14.2 Å². The quantitative estimate of drug-likeness (QED) is 0.581. The molecule has 0 radical (unpaired) electrons. The summed E-state index contributed by atoms with van der Waals surface area (Å²) < 4.78 is 14.7. The highest BCUT2D eigenvalue weighted by Crippen LogP contribution is 2.63. The minimum atomic E-state index is -3.53. The lowest BCUT2D eigenvalue weighted by Gasteiger charge is -2.46. The van der Waals surface area contributed by atoms with Crippen molar-refractivity contribution >= 4 is 29.6 Å². The number of nitrogens with zero attached hydrogens (tertiary/aromatic N) is 1. The molecule has 7 heteroatoms. The fraction of sp³-hybridized carbons (Fsp3) is 0.273. The van der Waals surface area contributed by atoms with Gasteiger partial charge < -0.3 is 19.7 Å². The fourth-order valence-electron chi connectivity index (χ4n) is 4.67. The topological polar surface area (TPSA) is 94.9 Å². The summed E-state index contributed by atoms with van der Waals surface area (Å²) in [5.41, 5.74) is -0.208. The number of hydrogen-bond acceptors (Lipinski definition) is 4. The van der Waals surface area contributed by atoms with Gasteiger partial charge in [-0.2, -0.15) is 0 Å². The van der Waals surface area contributed by atoms with Gasteiger partial charge >= 0.3 is 5.97 Å². The lowest BCUT2D eigenvalue weighted by atomic mass is 9.79. The summed E-state index contributed by atoms with van der Waals surface area (Å²) in [6.45, 7) is 3.32. The average Bonchev–Trinajstić information content (AvgIpc) is 2.97. The van der Waals surface area contributed by atoms with Crippen molar-refractivity contribution in [3.63, 3.8) is 0 Å². The Morgan fingerprint density at radius 2 is 1.52 bits per heavy atom. The molecule has 0 saturated carbocycles. The van der Waals surface area contributed by atoms with Crippen molar-refractivity contribution in [2.24, 2.45) is 11.8 Å². The van der Waals surface area contributed by atoms with Crippen LogP contribution in [0.5, 0.6) is 0 Å². The third-order valence-electron chi connectivity index (χ3n) is 5.92. The van der Waals surface area contributed by atoms with E-state index >= 15 is 0 Å². The lowest BCUT2D eigenvalue weighted by molar-refractivity contribution is -0.163. The summed E-state index contributed by atoms with van der Waals surface area (Å²) in [6, 6.07) is 17.1. The van der Waals surface area contributed by atoms with E-state index in [2.05, 4.69) is 0 Å². The van der Waals surface area contributed by atoms with E-state index in [0.717, 1.165) is 0 Å². The van der Waals surface area contributed by atoms with Gasteiger partial charge in [0.2, 0.25) is 5.91 Å². The molecule has 0 bridgehead atoms. The molecule has 0 aliphatic carbocycles. The molecule has 6 nitrogen and oxygen atoms in total. The number of β-lactam (4-membered cyclic amide) rings is 1. The molecule has 29 heavy (non-hydrogen) atoms. The van der Waals surface area contributed by atoms with Crippen LogP contribution in [0, 0.1) is 11.8 Å². The van der Waals surface area contributed by atoms with Gasteiger partial charge in [-0.05, 0) is 6.92 Å². The minimum Gasteiger partial charge on any atom is -0.477 e. The number of carboxylic acid groups (broad SMARTS) is 1. The summed E-state index contributed by atoms with van der Waals surface area (Å²) in [6.07, 6.45) is -0.909. The monoisotopic (exact) mass is 411 g/mol. The third-order valence-corrected chi connectivity index (χ3v) is 9.27. The van der Waals surface area contributed by atoms with E-state index in [1.54, 1.807) is 55.5 Å². The molecule has 2 aliphatic rings. The Kier molecular flexibility index (Phi) is 4.72. The van der Waals surface area contributed by atoms with Gasteiger partial charge in [0.15, 0.2) is 7.14 Å². The molecule has 1 fully saturated rings. The molecular weight excluding hydrogens is 389 g/mol. The Hall–Kier alpha value is -2.69. The van der Waals surface area contributed by atoms with Crippen molar-refractivity contribution in [2.45, 2.75) is 26.0 Å². The molecule has 2 N–H and O–H groups in total. The van der Waals surface area contributed by atoms with Crippen LogP contribution in [0.2, 0.25) is 0 Å². The van der Waals surface area contributed by atoms with Crippen LogP contribution >= 0.6 is 7.14 Å². The van der Waals surface area contributed by atoms with Crippen LogP contribution in [0.1, 0.15) is 13.8 Å². The predicted molar refractivity (Wildman–Crippen MR) is 109 cm³/mol. The van der Waals surface area contributed by atoms with Crippen LogP contribution in [0.25, 0.3) is 0 Å². The maximum absolute atomic E-state index is 14.7. The first kappa shape index (κ1) is 19.6. The second-order valence-electron chi connectivity index (χ2n) is 7.57. The molecule has 1 amide bonds. The molecule has 1 saturated heterocycles. The molecule has 150 valence electrons. The van der Waals surface area contributed by atoms with E-state index in [0.29, 0.717) is 10.6 Å². The molecule has 4 atom stereocenters. The smallest absolute Gasteiger partial charge is 0.353 e. The minimum absolute atomic E-state index is 0.208. The van der Waals surface area contributed by atoms with E-state index in [1.165, 1.54) is 11.8 Å². The maximum atomic E-state index is 14.7. The van der Waals surface area contributed by atoms with Crippen LogP contribution < -0.4 is 10.6 Å². The van der Waals surface area contributed by atoms with Crippen molar-refractivity contribution in [3.8, 4) is 0 Å². The zero-order valence-electron chi connectivity index (χ0n) is 16.1. The highest BCUT2D eigenvalue weighted by Gasteiger charge is 2.62. The number of benzene rings is 2. The fourth-order valence-corrected chi connectivity index (χ4v) is 7.94. The van der Waals surface area contributed by atoms with Gasteiger partial charge in [0, 0.05) is 21.8 Å². The van der Waals surface area contributed by atoms with Crippen molar-refractivity contribution < 1.29 is 24.4 Å². The summed E-state index contributed by atoms with van der Waals surface area (Å²) >= 11 is 0. The van der Waals surface area contributed by atoms with Crippen molar-refractivity contribution in [2.75, 3.05) is 0 Å². The molecule has 2 aromatic rings. The first-order chi connectivity index (χ1) is 13.8. The third kappa shape index (κ3) is 2.70. The van der Waals surface area contributed by atoms with Crippen molar-refractivity contribution in [1.82, 2.24) is 4.90 Å². The van der Waals surface area contributed by atoms with Gasteiger partial charge in [-0.15, -0.1) is 0 Å². The van der Waals surface area contributed by atoms with Crippen molar-refractivity contribution in [3.05, 3.63) is 71.7 Å². The normalized spacial score (nSPS) is 24.9. The van der Waals surface area contributed by atoms with E-state index in [4.69, 9.17) is 0 Å². The van der Waals surface area contributed by atoms with Gasteiger partial charge in [0.05, 0.1) is 18.1 Å². The van der Waals surface area contributed by atoms with Crippen LogP contribution in [-0.4, -0.2) is 39.1 Å². The predicted octanol–water partition coefficient (Wildman–Crippen LogP) is 2.15. The highest BCUT2D eigenvalue weighted by atomic mass is 31.2. The van der Waals surface area contributed by atoms with E-state index < -0.39 is 43.0 Å². The lowest BCUT2D eigenvalue weighted by Crippen LogP contribution is -2.63. The molecular formula is C22H22NO5P. The van der Waals surface area contributed by atoms with Gasteiger partial charge in [-0.25, -0.2) is 4.79 Å². The molecule has 0 spiro atoms. The molecule has 0 aromatic heterocycles.